The summed E-state index contributed by atoms with van der Waals surface area (Å²) in [4.78, 5) is 15.7. The minimum atomic E-state index is 0.0590. The van der Waals surface area contributed by atoms with Gasteiger partial charge < -0.3 is 11.1 Å². The Bertz CT molecular complexity index is 536. The van der Waals surface area contributed by atoms with Crippen LogP contribution in [0.5, 0.6) is 0 Å². The molecule has 5 heteroatoms. The van der Waals surface area contributed by atoms with Crippen LogP contribution in [0, 0.1) is 0 Å². The van der Waals surface area contributed by atoms with E-state index in [4.69, 9.17) is 5.73 Å². The van der Waals surface area contributed by atoms with Gasteiger partial charge in [-0.3, -0.25) is 4.79 Å². The maximum Gasteiger partial charge on any atom is 0.224 e. The van der Waals surface area contributed by atoms with E-state index in [1.807, 2.05) is 18.2 Å². The number of nitrogens with one attached hydrogen (secondary N) is 1. The van der Waals surface area contributed by atoms with E-state index in [0.29, 0.717) is 11.6 Å². The number of nitrogen functional groups attached to an aromatic ring is 1. The van der Waals surface area contributed by atoms with Gasteiger partial charge in [0.2, 0.25) is 5.91 Å². The number of fused-ring (bicyclic) bond motifs is 1. The molecule has 2 aromatic rings. The number of thiazole rings is 1. The molecule has 1 aromatic carbocycles. The quantitative estimate of drug-likeness (QED) is 0.875. The molecule has 0 saturated heterocycles. The van der Waals surface area contributed by atoms with Crippen molar-refractivity contribution in [3.05, 3.63) is 18.2 Å². The molecule has 0 fully saturated rings. The number of benzene rings is 1. The van der Waals surface area contributed by atoms with E-state index in [0.717, 1.165) is 28.7 Å². The smallest absolute Gasteiger partial charge is 0.224 e. The van der Waals surface area contributed by atoms with Gasteiger partial charge in [0, 0.05) is 12.1 Å². The van der Waals surface area contributed by atoms with Crippen molar-refractivity contribution < 1.29 is 4.79 Å². The van der Waals surface area contributed by atoms with Crippen LogP contribution >= 0.6 is 11.3 Å². The first-order valence-corrected chi connectivity index (χ1v) is 6.46. The van der Waals surface area contributed by atoms with Gasteiger partial charge in [-0.25, -0.2) is 4.98 Å². The number of carbonyl (C=O) groups is 1. The largest absolute Gasteiger partial charge is 0.375 e. The van der Waals surface area contributed by atoms with Gasteiger partial charge in [-0.1, -0.05) is 24.7 Å². The molecule has 90 valence electrons. The van der Waals surface area contributed by atoms with E-state index >= 15 is 0 Å². The summed E-state index contributed by atoms with van der Waals surface area (Å²) < 4.78 is 0.996. The fourth-order valence-electron chi connectivity index (χ4n) is 1.58. The molecule has 17 heavy (non-hydrogen) atoms. The molecular weight excluding hydrogens is 234 g/mol. The predicted molar refractivity (Wildman–Crippen MR) is 72.2 cm³/mol. The average Bonchev–Trinajstić information content (AvgIpc) is 2.65. The summed E-state index contributed by atoms with van der Waals surface area (Å²) in [6, 6.07) is 5.64. The summed E-state index contributed by atoms with van der Waals surface area (Å²) >= 11 is 1.43. The number of unbranched alkanes of at least 4 members (excludes halogenated alkanes) is 1. The number of aromatic nitrogens is 1. The van der Waals surface area contributed by atoms with Crippen molar-refractivity contribution in [3.8, 4) is 0 Å². The maximum atomic E-state index is 11.6. The van der Waals surface area contributed by atoms with Crippen LogP contribution < -0.4 is 11.1 Å². The fraction of sp³-hybridized carbons (Fsp3) is 0.333. The molecule has 3 N–H and O–H groups in total. The second-order valence-corrected chi connectivity index (χ2v) is 4.95. The molecule has 0 bridgehead atoms. The molecule has 0 atom stereocenters. The van der Waals surface area contributed by atoms with Crippen LogP contribution in [0.15, 0.2) is 18.2 Å². The lowest BCUT2D eigenvalue weighted by atomic mass is 10.2. The van der Waals surface area contributed by atoms with Crippen molar-refractivity contribution in [2.24, 2.45) is 0 Å². The van der Waals surface area contributed by atoms with E-state index in [2.05, 4.69) is 17.2 Å². The van der Waals surface area contributed by atoms with Crippen LogP contribution in [0.2, 0.25) is 0 Å². The number of nitrogens with two attached hydrogens (primary N) is 1. The number of nitrogens with zero attached hydrogens (tertiary/aromatic N) is 1. The molecule has 4 nitrogen and oxygen atoms in total. The highest BCUT2D eigenvalue weighted by molar-refractivity contribution is 7.22. The third kappa shape index (κ3) is 2.94. The summed E-state index contributed by atoms with van der Waals surface area (Å²) in [6.07, 6.45) is 2.51. The van der Waals surface area contributed by atoms with Gasteiger partial charge in [0.25, 0.3) is 0 Å². The first-order chi connectivity index (χ1) is 8.19. The maximum absolute atomic E-state index is 11.6. The second-order valence-electron chi connectivity index (χ2n) is 3.89. The summed E-state index contributed by atoms with van der Waals surface area (Å²) in [6.45, 7) is 2.07. The average molecular weight is 249 g/mol. The lowest BCUT2D eigenvalue weighted by Crippen LogP contribution is -2.10. The minimum Gasteiger partial charge on any atom is -0.375 e. The Kier molecular flexibility index (Phi) is 3.58. The molecule has 1 heterocycles. The van der Waals surface area contributed by atoms with E-state index in [1.54, 1.807) is 0 Å². The number of hydrogen-bond acceptors (Lipinski definition) is 4. The topological polar surface area (TPSA) is 68.0 Å². The lowest BCUT2D eigenvalue weighted by Gasteiger charge is -2.04. The molecule has 0 radical (unpaired) electrons. The van der Waals surface area contributed by atoms with Crippen LogP contribution in [0.1, 0.15) is 26.2 Å². The number of amides is 1. The zero-order valence-electron chi connectivity index (χ0n) is 9.69. The first kappa shape index (κ1) is 11.9. The summed E-state index contributed by atoms with van der Waals surface area (Å²) in [7, 11) is 0. The van der Waals surface area contributed by atoms with Crippen molar-refractivity contribution in [1.82, 2.24) is 4.98 Å². The van der Waals surface area contributed by atoms with Crippen molar-refractivity contribution in [1.29, 1.82) is 0 Å². The Morgan fingerprint density at radius 3 is 3.12 bits per heavy atom. The Balaban J connectivity index is 2.10. The molecule has 0 unspecified atom stereocenters. The van der Waals surface area contributed by atoms with Crippen molar-refractivity contribution >= 4 is 38.3 Å². The number of hydrogen-bond donors (Lipinski definition) is 2. The van der Waals surface area contributed by atoms with Gasteiger partial charge >= 0.3 is 0 Å². The molecule has 1 amide bonds. The van der Waals surface area contributed by atoms with E-state index in [9.17, 15) is 4.79 Å². The van der Waals surface area contributed by atoms with Gasteiger partial charge in [-0.2, -0.15) is 0 Å². The SMILES string of the molecule is CCCCC(=O)Nc1ccc2nc(N)sc2c1. The number of rotatable bonds is 4. The summed E-state index contributed by atoms with van der Waals surface area (Å²) in [5.41, 5.74) is 7.31. The van der Waals surface area contributed by atoms with Gasteiger partial charge in [0.1, 0.15) is 0 Å². The number of anilines is 2. The van der Waals surface area contributed by atoms with Crippen LogP contribution in [-0.4, -0.2) is 10.9 Å². The lowest BCUT2D eigenvalue weighted by molar-refractivity contribution is -0.116. The monoisotopic (exact) mass is 249 g/mol. The van der Waals surface area contributed by atoms with Crippen LogP contribution in [0.25, 0.3) is 10.2 Å². The molecule has 0 aliphatic carbocycles. The van der Waals surface area contributed by atoms with Crippen molar-refractivity contribution in [3.63, 3.8) is 0 Å². The van der Waals surface area contributed by atoms with E-state index < -0.39 is 0 Å². The highest BCUT2D eigenvalue weighted by Crippen LogP contribution is 2.26. The molecule has 0 aliphatic heterocycles. The van der Waals surface area contributed by atoms with Crippen LogP contribution in [0.3, 0.4) is 0 Å². The van der Waals surface area contributed by atoms with Crippen molar-refractivity contribution in [2.45, 2.75) is 26.2 Å². The Hall–Kier alpha value is -1.62. The first-order valence-electron chi connectivity index (χ1n) is 5.65. The molecule has 2 rings (SSSR count). The Labute approximate surface area is 104 Å². The zero-order chi connectivity index (χ0) is 12.3. The molecule has 0 spiro atoms. The zero-order valence-corrected chi connectivity index (χ0v) is 10.5. The minimum absolute atomic E-state index is 0.0590. The van der Waals surface area contributed by atoms with Gasteiger partial charge in [0.05, 0.1) is 10.2 Å². The molecule has 1 aromatic heterocycles. The van der Waals surface area contributed by atoms with Crippen LogP contribution in [0.4, 0.5) is 10.8 Å². The normalized spacial score (nSPS) is 10.6. The molecule has 0 aliphatic rings. The second kappa shape index (κ2) is 5.14. The van der Waals surface area contributed by atoms with Gasteiger partial charge in [-0.05, 0) is 24.6 Å². The standard InChI is InChI=1S/C12H15N3OS/c1-2-3-4-11(16)14-8-5-6-9-10(7-8)17-12(13)15-9/h5-7H,2-4H2,1H3,(H2,13,15)(H,14,16). The molecular formula is C12H15N3OS. The highest BCUT2D eigenvalue weighted by Gasteiger charge is 2.05. The van der Waals surface area contributed by atoms with Crippen molar-refractivity contribution in [2.75, 3.05) is 11.1 Å². The van der Waals surface area contributed by atoms with Crippen LogP contribution in [-0.2, 0) is 4.79 Å². The number of carbonyl (C=O) groups excluding carboxylic acids is 1. The highest BCUT2D eigenvalue weighted by atomic mass is 32.1. The third-order valence-corrected chi connectivity index (χ3v) is 3.29. The third-order valence-electron chi connectivity index (χ3n) is 2.45. The predicted octanol–water partition coefficient (Wildman–Crippen LogP) is 3.01. The fourth-order valence-corrected chi connectivity index (χ4v) is 2.35. The summed E-state index contributed by atoms with van der Waals surface area (Å²) in [5.74, 6) is 0.0590. The van der Waals surface area contributed by atoms with Gasteiger partial charge in [-0.15, -0.1) is 0 Å². The molecule has 0 saturated carbocycles. The van der Waals surface area contributed by atoms with E-state index in [1.165, 1.54) is 11.3 Å². The Morgan fingerprint density at radius 1 is 1.53 bits per heavy atom. The Morgan fingerprint density at radius 2 is 2.35 bits per heavy atom. The summed E-state index contributed by atoms with van der Waals surface area (Å²) in [5, 5.41) is 3.43. The van der Waals surface area contributed by atoms with Gasteiger partial charge in [0.15, 0.2) is 5.13 Å². The van der Waals surface area contributed by atoms with E-state index in [-0.39, 0.29) is 5.91 Å².